The van der Waals surface area contributed by atoms with Gasteiger partial charge in [0, 0.05) is 24.4 Å². The highest BCUT2D eigenvalue weighted by Crippen LogP contribution is 2.27. The van der Waals surface area contributed by atoms with Crippen LogP contribution in [0.3, 0.4) is 0 Å². The second kappa shape index (κ2) is 6.37. The number of aromatic nitrogens is 2. The third-order valence-corrected chi connectivity index (χ3v) is 4.24. The van der Waals surface area contributed by atoms with E-state index in [4.69, 9.17) is 0 Å². The van der Waals surface area contributed by atoms with Gasteiger partial charge in [-0.3, -0.25) is 5.10 Å². The number of likely N-dealkylation sites (tertiary alicyclic amines) is 1. The third-order valence-electron chi connectivity index (χ3n) is 4.24. The van der Waals surface area contributed by atoms with Gasteiger partial charge in [0.15, 0.2) is 0 Å². The van der Waals surface area contributed by atoms with Gasteiger partial charge in [-0.05, 0) is 49.7 Å². The summed E-state index contributed by atoms with van der Waals surface area (Å²) in [5, 5.41) is 17.3. The number of halogens is 1. The first-order valence-electron chi connectivity index (χ1n) is 7.37. The highest BCUT2D eigenvalue weighted by molar-refractivity contribution is 5.18. The lowest BCUT2D eigenvalue weighted by molar-refractivity contribution is 0.0969. The Morgan fingerprint density at radius 2 is 1.95 bits per heavy atom. The van der Waals surface area contributed by atoms with Crippen LogP contribution in [-0.4, -0.2) is 39.8 Å². The van der Waals surface area contributed by atoms with Crippen LogP contribution in [0.2, 0.25) is 0 Å². The van der Waals surface area contributed by atoms with Crippen molar-refractivity contribution < 1.29 is 9.50 Å². The van der Waals surface area contributed by atoms with Crippen molar-refractivity contribution in [2.24, 2.45) is 0 Å². The molecule has 0 amide bonds. The minimum absolute atomic E-state index is 0.272. The maximum atomic E-state index is 12.9. The number of nitrogens with zero attached hydrogens (tertiary/aromatic N) is 2. The van der Waals surface area contributed by atoms with Gasteiger partial charge in [0.1, 0.15) is 5.82 Å². The summed E-state index contributed by atoms with van der Waals surface area (Å²) in [5.41, 5.74) is 1.97. The molecule has 1 aliphatic heterocycles. The van der Waals surface area contributed by atoms with Crippen molar-refractivity contribution >= 4 is 0 Å². The highest BCUT2D eigenvalue weighted by Gasteiger charge is 2.23. The smallest absolute Gasteiger partial charge is 0.123 e. The largest absolute Gasteiger partial charge is 0.387 e. The molecule has 0 saturated carbocycles. The van der Waals surface area contributed by atoms with Crippen LogP contribution in [0.15, 0.2) is 36.5 Å². The first-order chi connectivity index (χ1) is 10.2. The number of H-pyrrole nitrogens is 1. The van der Waals surface area contributed by atoms with Gasteiger partial charge < -0.3 is 10.0 Å². The van der Waals surface area contributed by atoms with E-state index < -0.39 is 6.10 Å². The number of aliphatic hydroxyl groups is 1. The Labute approximate surface area is 123 Å². The maximum Gasteiger partial charge on any atom is 0.123 e. The molecule has 21 heavy (non-hydrogen) atoms. The number of aliphatic hydroxyl groups excluding tert-OH is 1. The van der Waals surface area contributed by atoms with Crippen LogP contribution in [0.4, 0.5) is 4.39 Å². The first-order valence-corrected chi connectivity index (χ1v) is 7.37. The third kappa shape index (κ3) is 3.49. The van der Waals surface area contributed by atoms with E-state index in [0.29, 0.717) is 12.5 Å². The van der Waals surface area contributed by atoms with E-state index in [9.17, 15) is 9.50 Å². The average Bonchev–Trinajstić information content (AvgIpc) is 3.03. The summed E-state index contributed by atoms with van der Waals surface area (Å²) in [4.78, 5) is 2.26. The monoisotopic (exact) mass is 289 g/mol. The van der Waals surface area contributed by atoms with Crippen molar-refractivity contribution in [3.63, 3.8) is 0 Å². The van der Waals surface area contributed by atoms with Crippen molar-refractivity contribution in [1.82, 2.24) is 15.1 Å². The molecular formula is C16H20FN3O. The molecule has 4 nitrogen and oxygen atoms in total. The van der Waals surface area contributed by atoms with E-state index in [0.717, 1.165) is 31.5 Å². The second-order valence-electron chi connectivity index (χ2n) is 5.65. The fourth-order valence-electron chi connectivity index (χ4n) is 2.96. The highest BCUT2D eigenvalue weighted by atomic mass is 19.1. The van der Waals surface area contributed by atoms with E-state index in [2.05, 4.69) is 15.1 Å². The molecule has 3 rings (SSSR count). The van der Waals surface area contributed by atoms with Gasteiger partial charge in [0.05, 0.1) is 6.10 Å². The average molecular weight is 289 g/mol. The molecule has 2 heterocycles. The predicted octanol–water partition coefficient (Wildman–Crippen LogP) is 2.46. The molecule has 1 aromatic heterocycles. The molecule has 1 saturated heterocycles. The summed E-state index contributed by atoms with van der Waals surface area (Å²) >= 11 is 0. The van der Waals surface area contributed by atoms with Gasteiger partial charge in [0.25, 0.3) is 0 Å². The first kappa shape index (κ1) is 14.2. The summed E-state index contributed by atoms with van der Waals surface area (Å²) in [7, 11) is 0. The van der Waals surface area contributed by atoms with Crippen LogP contribution < -0.4 is 0 Å². The topological polar surface area (TPSA) is 52.1 Å². The van der Waals surface area contributed by atoms with Crippen molar-refractivity contribution in [1.29, 1.82) is 0 Å². The number of piperidine rings is 1. The lowest BCUT2D eigenvalue weighted by atomic mass is 9.93. The zero-order valence-corrected chi connectivity index (χ0v) is 11.9. The van der Waals surface area contributed by atoms with Crippen molar-refractivity contribution in [2.75, 3.05) is 19.6 Å². The molecule has 0 bridgehead atoms. The molecule has 2 aromatic rings. The van der Waals surface area contributed by atoms with Crippen LogP contribution >= 0.6 is 0 Å². The van der Waals surface area contributed by atoms with E-state index in [-0.39, 0.29) is 5.82 Å². The summed E-state index contributed by atoms with van der Waals surface area (Å²) in [6.45, 7) is 2.52. The van der Waals surface area contributed by atoms with Gasteiger partial charge in [-0.15, -0.1) is 0 Å². The summed E-state index contributed by atoms with van der Waals surface area (Å²) in [5.74, 6) is 0.262. The number of rotatable bonds is 4. The maximum absolute atomic E-state index is 12.9. The van der Waals surface area contributed by atoms with E-state index in [1.165, 1.54) is 17.8 Å². The van der Waals surface area contributed by atoms with Crippen LogP contribution in [-0.2, 0) is 0 Å². The van der Waals surface area contributed by atoms with Gasteiger partial charge in [0.2, 0.25) is 0 Å². The Balaban J connectivity index is 1.52. The van der Waals surface area contributed by atoms with E-state index >= 15 is 0 Å². The number of aromatic amines is 1. The lowest BCUT2D eigenvalue weighted by Crippen LogP contribution is -2.36. The fourth-order valence-corrected chi connectivity index (χ4v) is 2.96. The summed E-state index contributed by atoms with van der Waals surface area (Å²) < 4.78 is 12.9. The van der Waals surface area contributed by atoms with Gasteiger partial charge in [-0.2, -0.15) is 5.10 Å². The Morgan fingerprint density at radius 1 is 1.24 bits per heavy atom. The molecule has 0 spiro atoms. The second-order valence-corrected chi connectivity index (χ2v) is 5.65. The quantitative estimate of drug-likeness (QED) is 0.909. The molecule has 1 aliphatic rings. The molecule has 1 aromatic carbocycles. The van der Waals surface area contributed by atoms with E-state index in [1.807, 2.05) is 6.07 Å². The van der Waals surface area contributed by atoms with Crippen LogP contribution in [0, 0.1) is 5.82 Å². The standard InChI is InChI=1S/C16H20FN3O/c17-14-3-1-13(2-4-14)16(21)11-20-9-6-12(7-10-20)15-5-8-18-19-15/h1-5,8,12,16,21H,6-7,9-11H2,(H,18,19)/t16-/m0/s1. The Hall–Kier alpha value is -1.72. The molecule has 2 N–H and O–H groups in total. The Morgan fingerprint density at radius 3 is 2.57 bits per heavy atom. The number of β-amino-alcohol motifs (C(OH)–C–C–N with tert-alkyl or cyclic N) is 1. The van der Waals surface area contributed by atoms with Crippen molar-refractivity contribution in [3.05, 3.63) is 53.6 Å². The van der Waals surface area contributed by atoms with Crippen LogP contribution in [0.5, 0.6) is 0 Å². The fraction of sp³-hybridized carbons (Fsp3) is 0.438. The molecule has 1 atom stereocenters. The zero-order valence-electron chi connectivity index (χ0n) is 11.9. The minimum atomic E-state index is -0.561. The van der Waals surface area contributed by atoms with Crippen molar-refractivity contribution in [3.8, 4) is 0 Å². The van der Waals surface area contributed by atoms with Crippen LogP contribution in [0.25, 0.3) is 0 Å². The SMILES string of the molecule is O[C@@H](CN1CCC(c2ccn[nH]2)CC1)c1ccc(F)cc1. The number of hydrogen-bond acceptors (Lipinski definition) is 3. The Kier molecular flexibility index (Phi) is 4.31. The van der Waals surface area contributed by atoms with Gasteiger partial charge >= 0.3 is 0 Å². The zero-order chi connectivity index (χ0) is 14.7. The van der Waals surface area contributed by atoms with Crippen molar-refractivity contribution in [2.45, 2.75) is 24.9 Å². The molecular weight excluding hydrogens is 269 g/mol. The molecule has 5 heteroatoms. The lowest BCUT2D eigenvalue weighted by Gasteiger charge is -2.32. The minimum Gasteiger partial charge on any atom is -0.387 e. The predicted molar refractivity (Wildman–Crippen MR) is 78.4 cm³/mol. The number of nitrogens with one attached hydrogen (secondary N) is 1. The number of hydrogen-bond donors (Lipinski definition) is 2. The van der Waals surface area contributed by atoms with Gasteiger partial charge in [-0.1, -0.05) is 12.1 Å². The van der Waals surface area contributed by atoms with Gasteiger partial charge in [-0.25, -0.2) is 4.39 Å². The normalized spacial score (nSPS) is 18.8. The molecule has 0 unspecified atom stereocenters. The summed E-state index contributed by atoms with van der Waals surface area (Å²) in [6.07, 6.45) is 3.37. The molecule has 112 valence electrons. The molecule has 0 aliphatic carbocycles. The molecule has 0 radical (unpaired) electrons. The number of benzene rings is 1. The molecule has 1 fully saturated rings. The van der Waals surface area contributed by atoms with Crippen LogP contribution in [0.1, 0.15) is 36.1 Å². The van der Waals surface area contributed by atoms with E-state index in [1.54, 1.807) is 18.3 Å². The summed E-state index contributed by atoms with van der Waals surface area (Å²) in [6, 6.07) is 8.12. The Bertz CT molecular complexity index is 547.